The van der Waals surface area contributed by atoms with Crippen molar-refractivity contribution < 1.29 is 9.53 Å². The van der Waals surface area contributed by atoms with E-state index in [1.807, 2.05) is 12.1 Å². The van der Waals surface area contributed by atoms with Crippen LogP contribution in [0.1, 0.15) is 18.1 Å². The van der Waals surface area contributed by atoms with Crippen LogP contribution in [0.4, 0.5) is 0 Å². The summed E-state index contributed by atoms with van der Waals surface area (Å²) >= 11 is 0. The maximum atomic E-state index is 12.0. The Balaban J connectivity index is 1.92. The first-order chi connectivity index (χ1) is 8.29. The minimum atomic E-state index is -0.269. The summed E-state index contributed by atoms with van der Waals surface area (Å²) in [6.07, 6.45) is 1.23. The molecule has 1 atom stereocenters. The highest BCUT2D eigenvalue weighted by Gasteiger charge is 2.21. The molecular formula is C14H19NO2. The number of carbonyl (C=O) groups is 1. The second-order valence-corrected chi connectivity index (χ2v) is 4.38. The predicted molar refractivity (Wildman–Crippen MR) is 67.1 cm³/mol. The van der Waals surface area contributed by atoms with Crippen LogP contribution in [0.3, 0.4) is 0 Å². The standard InChI is InChI=1S/C14H19NO2/c1-2-11-3-5-12(6-4-11)9-13(16)14-10-15-7-8-17-14/h3-6,14-15H,2,7-10H2,1H3. The first-order valence-electron chi connectivity index (χ1n) is 6.22. The van der Waals surface area contributed by atoms with Crippen molar-refractivity contribution >= 4 is 5.78 Å². The van der Waals surface area contributed by atoms with E-state index in [9.17, 15) is 4.79 Å². The molecule has 1 aromatic rings. The molecule has 1 heterocycles. The van der Waals surface area contributed by atoms with Gasteiger partial charge >= 0.3 is 0 Å². The van der Waals surface area contributed by atoms with E-state index in [2.05, 4.69) is 24.4 Å². The monoisotopic (exact) mass is 233 g/mol. The minimum Gasteiger partial charge on any atom is -0.368 e. The number of benzene rings is 1. The van der Waals surface area contributed by atoms with Crippen LogP contribution < -0.4 is 5.32 Å². The van der Waals surface area contributed by atoms with Gasteiger partial charge in [0.05, 0.1) is 6.61 Å². The molecule has 0 radical (unpaired) electrons. The SMILES string of the molecule is CCc1ccc(CC(=O)C2CNCCO2)cc1. The van der Waals surface area contributed by atoms with Crippen LogP contribution in [-0.2, 0) is 22.4 Å². The van der Waals surface area contributed by atoms with E-state index in [-0.39, 0.29) is 11.9 Å². The van der Waals surface area contributed by atoms with Gasteiger partial charge in [-0.25, -0.2) is 0 Å². The molecule has 92 valence electrons. The maximum Gasteiger partial charge on any atom is 0.167 e. The first-order valence-corrected chi connectivity index (χ1v) is 6.22. The van der Waals surface area contributed by atoms with Crippen LogP contribution in [0.15, 0.2) is 24.3 Å². The lowest BCUT2D eigenvalue weighted by molar-refractivity contribution is -0.131. The number of aryl methyl sites for hydroxylation is 1. The highest BCUT2D eigenvalue weighted by atomic mass is 16.5. The summed E-state index contributed by atoms with van der Waals surface area (Å²) in [7, 11) is 0. The summed E-state index contributed by atoms with van der Waals surface area (Å²) in [5.41, 5.74) is 2.37. The number of Topliss-reactive ketones (excluding diaryl/α,β-unsaturated/α-hetero) is 1. The molecule has 1 aliphatic heterocycles. The summed E-state index contributed by atoms with van der Waals surface area (Å²) in [6.45, 7) is 4.24. The minimum absolute atomic E-state index is 0.168. The lowest BCUT2D eigenvalue weighted by Gasteiger charge is -2.22. The summed E-state index contributed by atoms with van der Waals surface area (Å²) in [5, 5.41) is 3.17. The number of nitrogens with one attached hydrogen (secondary N) is 1. The molecule has 0 amide bonds. The van der Waals surface area contributed by atoms with Crippen LogP contribution in [0.25, 0.3) is 0 Å². The molecule has 3 heteroatoms. The fraction of sp³-hybridized carbons (Fsp3) is 0.500. The molecule has 0 bridgehead atoms. The van der Waals surface area contributed by atoms with Crippen molar-refractivity contribution in [3.8, 4) is 0 Å². The molecule has 1 N–H and O–H groups in total. The van der Waals surface area contributed by atoms with E-state index >= 15 is 0 Å². The van der Waals surface area contributed by atoms with Crippen molar-refractivity contribution in [3.63, 3.8) is 0 Å². The van der Waals surface area contributed by atoms with E-state index in [0.29, 0.717) is 19.6 Å². The van der Waals surface area contributed by atoms with Gasteiger partial charge in [-0.1, -0.05) is 31.2 Å². The van der Waals surface area contributed by atoms with Crippen molar-refractivity contribution in [2.24, 2.45) is 0 Å². The number of hydrogen-bond acceptors (Lipinski definition) is 3. The fourth-order valence-corrected chi connectivity index (χ4v) is 1.98. The summed E-state index contributed by atoms with van der Waals surface area (Å²) in [6, 6.07) is 8.24. The van der Waals surface area contributed by atoms with Gasteiger partial charge in [0, 0.05) is 19.5 Å². The third kappa shape index (κ3) is 3.38. The smallest absolute Gasteiger partial charge is 0.167 e. The lowest BCUT2D eigenvalue weighted by Crippen LogP contribution is -2.43. The Morgan fingerprint density at radius 3 is 2.65 bits per heavy atom. The van der Waals surface area contributed by atoms with Crippen LogP contribution in [0.2, 0.25) is 0 Å². The number of rotatable bonds is 4. The molecule has 3 nitrogen and oxygen atoms in total. The average Bonchev–Trinajstić information content (AvgIpc) is 2.40. The van der Waals surface area contributed by atoms with Crippen LogP contribution in [0.5, 0.6) is 0 Å². The zero-order chi connectivity index (χ0) is 12.1. The molecule has 0 aromatic heterocycles. The molecule has 2 rings (SSSR count). The van der Waals surface area contributed by atoms with Crippen LogP contribution in [-0.4, -0.2) is 31.6 Å². The van der Waals surface area contributed by atoms with Gasteiger partial charge in [0.25, 0.3) is 0 Å². The van der Waals surface area contributed by atoms with Crippen molar-refractivity contribution in [3.05, 3.63) is 35.4 Å². The Morgan fingerprint density at radius 2 is 2.06 bits per heavy atom. The average molecular weight is 233 g/mol. The van der Waals surface area contributed by atoms with Crippen LogP contribution >= 0.6 is 0 Å². The van der Waals surface area contributed by atoms with Gasteiger partial charge in [-0.3, -0.25) is 4.79 Å². The number of hydrogen-bond donors (Lipinski definition) is 1. The zero-order valence-electron chi connectivity index (χ0n) is 10.2. The summed E-state index contributed by atoms with van der Waals surface area (Å²) in [5.74, 6) is 0.168. The second kappa shape index (κ2) is 5.94. The molecule has 0 aliphatic carbocycles. The van der Waals surface area contributed by atoms with E-state index in [0.717, 1.165) is 18.5 Å². The van der Waals surface area contributed by atoms with Gasteiger partial charge in [-0.2, -0.15) is 0 Å². The quantitative estimate of drug-likeness (QED) is 0.853. The van der Waals surface area contributed by atoms with Gasteiger partial charge in [0.15, 0.2) is 5.78 Å². The molecule has 1 aliphatic rings. The topological polar surface area (TPSA) is 38.3 Å². The Bertz CT molecular complexity index is 366. The number of morpholine rings is 1. The zero-order valence-corrected chi connectivity index (χ0v) is 10.2. The summed E-state index contributed by atoms with van der Waals surface area (Å²) < 4.78 is 5.44. The Morgan fingerprint density at radius 1 is 1.35 bits per heavy atom. The number of carbonyl (C=O) groups excluding carboxylic acids is 1. The molecule has 1 fully saturated rings. The lowest BCUT2D eigenvalue weighted by atomic mass is 10.0. The molecule has 0 saturated carbocycles. The molecular weight excluding hydrogens is 214 g/mol. The van der Waals surface area contributed by atoms with E-state index in [1.165, 1.54) is 5.56 Å². The van der Waals surface area contributed by atoms with Crippen LogP contribution in [0, 0.1) is 0 Å². The molecule has 17 heavy (non-hydrogen) atoms. The normalized spacial score (nSPS) is 20.2. The third-order valence-corrected chi connectivity index (χ3v) is 3.10. The predicted octanol–water partition coefficient (Wildman–Crippen LogP) is 1.35. The molecule has 1 aromatic carbocycles. The highest BCUT2D eigenvalue weighted by Crippen LogP contribution is 2.08. The van der Waals surface area contributed by atoms with Crippen molar-refractivity contribution in [2.45, 2.75) is 25.9 Å². The number of ether oxygens (including phenoxy) is 1. The van der Waals surface area contributed by atoms with Crippen molar-refractivity contribution in [1.29, 1.82) is 0 Å². The summed E-state index contributed by atoms with van der Waals surface area (Å²) in [4.78, 5) is 12.0. The second-order valence-electron chi connectivity index (χ2n) is 4.38. The molecule has 1 saturated heterocycles. The van der Waals surface area contributed by atoms with Gasteiger partial charge in [-0.05, 0) is 17.5 Å². The van der Waals surface area contributed by atoms with Gasteiger partial charge in [0.1, 0.15) is 6.10 Å². The van der Waals surface area contributed by atoms with Crippen molar-refractivity contribution in [2.75, 3.05) is 19.7 Å². The molecule has 0 spiro atoms. The van der Waals surface area contributed by atoms with Gasteiger partial charge < -0.3 is 10.1 Å². The van der Waals surface area contributed by atoms with Gasteiger partial charge in [-0.15, -0.1) is 0 Å². The molecule has 1 unspecified atom stereocenters. The third-order valence-electron chi connectivity index (χ3n) is 3.10. The Hall–Kier alpha value is -1.19. The fourth-order valence-electron chi connectivity index (χ4n) is 1.98. The van der Waals surface area contributed by atoms with E-state index in [4.69, 9.17) is 4.74 Å². The maximum absolute atomic E-state index is 12.0. The Labute approximate surface area is 102 Å². The van der Waals surface area contributed by atoms with Crippen molar-refractivity contribution in [1.82, 2.24) is 5.32 Å². The first kappa shape index (κ1) is 12.3. The number of ketones is 1. The highest BCUT2D eigenvalue weighted by molar-refractivity contribution is 5.85. The van der Waals surface area contributed by atoms with E-state index in [1.54, 1.807) is 0 Å². The largest absolute Gasteiger partial charge is 0.368 e. The van der Waals surface area contributed by atoms with E-state index < -0.39 is 0 Å². The Kier molecular flexibility index (Phi) is 4.29. The van der Waals surface area contributed by atoms with Gasteiger partial charge in [0.2, 0.25) is 0 Å².